The molecule has 2 N–H and O–H groups in total. The fourth-order valence-electron chi connectivity index (χ4n) is 2.48. The zero-order chi connectivity index (χ0) is 19.2. The fraction of sp³-hybridized carbons (Fsp3) is 0.211. The first-order chi connectivity index (χ1) is 13.0. The zero-order valence-corrected chi connectivity index (χ0v) is 15.0. The number of hydrogen-bond acceptors (Lipinski definition) is 7. The third-order valence-electron chi connectivity index (χ3n) is 3.95. The molecular formula is C19H19N5O3. The molecule has 0 spiro atoms. The highest BCUT2D eigenvalue weighted by molar-refractivity contribution is 5.99. The van der Waals surface area contributed by atoms with E-state index in [1.807, 2.05) is 32.0 Å². The maximum Gasteiger partial charge on any atom is 0.340 e. The lowest BCUT2D eigenvalue weighted by atomic mass is 9.99. The predicted octanol–water partition coefficient (Wildman–Crippen LogP) is 2.85. The van der Waals surface area contributed by atoms with Crippen molar-refractivity contribution in [1.29, 1.82) is 0 Å². The molecule has 0 bridgehead atoms. The Morgan fingerprint density at radius 3 is 2.63 bits per heavy atom. The van der Waals surface area contributed by atoms with Crippen LogP contribution < -0.4 is 10.9 Å². The van der Waals surface area contributed by atoms with E-state index >= 15 is 0 Å². The molecule has 0 aliphatic heterocycles. The zero-order valence-electron chi connectivity index (χ0n) is 15.0. The van der Waals surface area contributed by atoms with Gasteiger partial charge in [-0.2, -0.15) is 4.98 Å². The Bertz CT molecular complexity index is 953. The number of nitrogens with one attached hydrogen (secondary N) is 2. The van der Waals surface area contributed by atoms with Gasteiger partial charge in [0.1, 0.15) is 0 Å². The van der Waals surface area contributed by atoms with E-state index in [1.54, 1.807) is 24.5 Å². The normalized spacial score (nSPS) is 10.4. The van der Waals surface area contributed by atoms with E-state index in [1.165, 1.54) is 0 Å². The van der Waals surface area contributed by atoms with Crippen LogP contribution in [0.15, 0.2) is 47.2 Å². The first-order valence-corrected chi connectivity index (χ1v) is 8.42. The second-order valence-corrected chi connectivity index (χ2v) is 6.07. The van der Waals surface area contributed by atoms with Crippen molar-refractivity contribution in [3.8, 4) is 11.4 Å². The number of Topliss-reactive ketones (excluding diaryl/α,β-unsaturated/α-hetero) is 1. The van der Waals surface area contributed by atoms with Crippen molar-refractivity contribution < 1.29 is 14.1 Å². The minimum Gasteiger partial charge on any atom is -0.313 e. The number of carbonyl (C=O) groups is 2. The molecule has 8 nitrogen and oxygen atoms in total. The molecule has 0 aliphatic carbocycles. The molecular weight excluding hydrogens is 346 g/mol. The maximum absolute atomic E-state index is 12.3. The number of aryl methyl sites for hydroxylation is 2. The summed E-state index contributed by atoms with van der Waals surface area (Å²) in [6.07, 6.45) is 3.40. The van der Waals surface area contributed by atoms with Crippen molar-refractivity contribution >= 4 is 17.7 Å². The Labute approximate surface area is 156 Å². The van der Waals surface area contributed by atoms with Crippen LogP contribution in [0.1, 0.15) is 34.3 Å². The van der Waals surface area contributed by atoms with Crippen molar-refractivity contribution in [3.63, 3.8) is 0 Å². The third kappa shape index (κ3) is 4.75. The Kier molecular flexibility index (Phi) is 5.55. The van der Waals surface area contributed by atoms with Crippen LogP contribution in [0.2, 0.25) is 0 Å². The number of amides is 1. The lowest BCUT2D eigenvalue weighted by molar-refractivity contribution is -0.120. The Balaban J connectivity index is 1.49. The van der Waals surface area contributed by atoms with Gasteiger partial charge < -0.3 is 4.52 Å². The number of pyridine rings is 1. The molecule has 1 aromatic carbocycles. The second kappa shape index (κ2) is 8.22. The molecule has 138 valence electrons. The largest absolute Gasteiger partial charge is 0.340 e. The molecule has 2 heterocycles. The van der Waals surface area contributed by atoms with Gasteiger partial charge in [0, 0.05) is 36.4 Å². The van der Waals surface area contributed by atoms with Crippen LogP contribution in [-0.2, 0) is 4.79 Å². The van der Waals surface area contributed by atoms with E-state index in [4.69, 9.17) is 4.52 Å². The van der Waals surface area contributed by atoms with Gasteiger partial charge >= 0.3 is 6.01 Å². The van der Waals surface area contributed by atoms with Crippen molar-refractivity contribution in [3.05, 3.63) is 59.4 Å². The molecule has 2 aromatic heterocycles. The van der Waals surface area contributed by atoms with Gasteiger partial charge in [-0.05, 0) is 37.6 Å². The molecule has 0 fully saturated rings. The molecule has 0 aliphatic rings. The van der Waals surface area contributed by atoms with Gasteiger partial charge in [0.05, 0.1) is 0 Å². The summed E-state index contributed by atoms with van der Waals surface area (Å²) >= 11 is 0. The van der Waals surface area contributed by atoms with Gasteiger partial charge in [-0.1, -0.05) is 22.9 Å². The highest BCUT2D eigenvalue weighted by Gasteiger charge is 2.13. The summed E-state index contributed by atoms with van der Waals surface area (Å²) in [7, 11) is 0. The van der Waals surface area contributed by atoms with Crippen LogP contribution in [0.5, 0.6) is 0 Å². The average molecular weight is 365 g/mol. The minimum absolute atomic E-state index is 0.0462. The molecule has 0 saturated carbocycles. The van der Waals surface area contributed by atoms with E-state index in [9.17, 15) is 9.59 Å². The molecule has 27 heavy (non-hydrogen) atoms. The van der Waals surface area contributed by atoms with Crippen molar-refractivity contribution in [1.82, 2.24) is 20.6 Å². The summed E-state index contributed by atoms with van der Waals surface area (Å²) in [4.78, 5) is 32.3. The first kappa shape index (κ1) is 18.2. The van der Waals surface area contributed by atoms with E-state index < -0.39 is 0 Å². The van der Waals surface area contributed by atoms with E-state index in [0.29, 0.717) is 11.4 Å². The summed E-state index contributed by atoms with van der Waals surface area (Å²) in [5, 5.41) is 3.81. The van der Waals surface area contributed by atoms with Crippen LogP contribution in [-0.4, -0.2) is 26.8 Å². The second-order valence-electron chi connectivity index (χ2n) is 6.07. The SMILES string of the molecule is Cc1ccc(C)c(C(=O)CCC(=O)NNc2nc(-c3ccncc3)no2)c1. The third-order valence-corrected chi connectivity index (χ3v) is 3.95. The first-order valence-electron chi connectivity index (χ1n) is 8.42. The highest BCUT2D eigenvalue weighted by Crippen LogP contribution is 2.16. The topological polar surface area (TPSA) is 110 Å². The van der Waals surface area contributed by atoms with Gasteiger partial charge in [-0.25, -0.2) is 5.43 Å². The molecule has 1 amide bonds. The van der Waals surface area contributed by atoms with Crippen molar-refractivity contribution in [2.45, 2.75) is 26.7 Å². The van der Waals surface area contributed by atoms with E-state index in [2.05, 4.69) is 26.0 Å². The van der Waals surface area contributed by atoms with Crippen molar-refractivity contribution in [2.75, 3.05) is 5.43 Å². The number of hydrogen-bond donors (Lipinski definition) is 2. The molecule has 3 aromatic rings. The number of ketones is 1. The van der Waals surface area contributed by atoms with Gasteiger partial charge in [0.15, 0.2) is 5.78 Å². The van der Waals surface area contributed by atoms with E-state index in [-0.39, 0.29) is 30.5 Å². The van der Waals surface area contributed by atoms with Gasteiger partial charge in [-0.15, -0.1) is 0 Å². The monoisotopic (exact) mass is 365 g/mol. The maximum atomic E-state index is 12.3. The molecule has 0 unspecified atom stereocenters. The summed E-state index contributed by atoms with van der Waals surface area (Å²) in [5.41, 5.74) is 8.30. The van der Waals surface area contributed by atoms with Gasteiger partial charge in [0.2, 0.25) is 11.7 Å². The average Bonchev–Trinajstić information content (AvgIpc) is 3.16. The van der Waals surface area contributed by atoms with Crippen LogP contribution in [0.25, 0.3) is 11.4 Å². The molecule has 0 atom stereocenters. The molecule has 0 saturated heterocycles. The summed E-state index contributed by atoms with van der Waals surface area (Å²) in [5.74, 6) is -0.0410. The summed E-state index contributed by atoms with van der Waals surface area (Å²) < 4.78 is 5.02. The number of rotatable bonds is 7. The quantitative estimate of drug-likeness (QED) is 0.489. The molecule has 0 radical (unpaired) electrons. The van der Waals surface area contributed by atoms with Gasteiger partial charge in [-0.3, -0.25) is 20.0 Å². The lowest BCUT2D eigenvalue weighted by Crippen LogP contribution is -2.29. The van der Waals surface area contributed by atoms with Crippen molar-refractivity contribution in [2.24, 2.45) is 0 Å². The van der Waals surface area contributed by atoms with Gasteiger partial charge in [0.25, 0.3) is 0 Å². The smallest absolute Gasteiger partial charge is 0.313 e. The Morgan fingerprint density at radius 2 is 1.85 bits per heavy atom. The number of aromatic nitrogens is 3. The van der Waals surface area contributed by atoms with Crippen LogP contribution in [0, 0.1) is 13.8 Å². The van der Waals surface area contributed by atoms with E-state index in [0.717, 1.165) is 16.7 Å². The number of benzene rings is 1. The number of carbonyl (C=O) groups excluding carboxylic acids is 2. The number of anilines is 1. The summed E-state index contributed by atoms with van der Waals surface area (Å²) in [6, 6.07) is 9.23. The van der Waals surface area contributed by atoms with Crippen LogP contribution >= 0.6 is 0 Å². The Morgan fingerprint density at radius 1 is 1.07 bits per heavy atom. The highest BCUT2D eigenvalue weighted by atomic mass is 16.5. The van der Waals surface area contributed by atoms with Crippen LogP contribution in [0.3, 0.4) is 0 Å². The summed E-state index contributed by atoms with van der Waals surface area (Å²) in [6.45, 7) is 3.81. The number of hydrazine groups is 1. The fourth-order valence-corrected chi connectivity index (χ4v) is 2.48. The Hall–Kier alpha value is -3.55. The van der Waals surface area contributed by atoms with Crippen LogP contribution in [0.4, 0.5) is 6.01 Å². The molecule has 8 heteroatoms. The standard InChI is InChI=1S/C19H19N5O3/c1-12-3-4-13(2)15(11-12)16(25)5-6-17(26)22-23-19-21-18(24-27-19)14-7-9-20-10-8-14/h3-4,7-11H,5-6H2,1-2H3,(H,22,26)(H,21,23,24). The predicted molar refractivity (Wildman–Crippen MR) is 98.8 cm³/mol. The lowest BCUT2D eigenvalue weighted by Gasteiger charge is -2.07. The minimum atomic E-state index is -0.350. The molecule has 3 rings (SSSR count). The number of nitrogens with zero attached hydrogens (tertiary/aromatic N) is 3.